The number of amides is 1. The summed E-state index contributed by atoms with van der Waals surface area (Å²) in [5, 5.41) is 14.7. The first-order valence-electron chi connectivity index (χ1n) is 7.73. The summed E-state index contributed by atoms with van der Waals surface area (Å²) in [5.74, 6) is 0.329. The van der Waals surface area contributed by atoms with E-state index >= 15 is 0 Å². The topological polar surface area (TPSA) is 93.8 Å². The zero-order valence-electron chi connectivity index (χ0n) is 14.2. The van der Waals surface area contributed by atoms with Crippen molar-refractivity contribution in [3.63, 3.8) is 0 Å². The van der Waals surface area contributed by atoms with E-state index in [2.05, 4.69) is 10.5 Å². The van der Waals surface area contributed by atoms with Crippen LogP contribution in [0.4, 0.5) is 5.69 Å². The number of hydrogen-bond acceptors (Lipinski definition) is 5. The van der Waals surface area contributed by atoms with Gasteiger partial charge in [-0.2, -0.15) is 5.10 Å². The molecule has 0 aliphatic heterocycles. The molecular formula is C18H19N3O4. The van der Waals surface area contributed by atoms with Gasteiger partial charge in [0.1, 0.15) is 5.75 Å². The van der Waals surface area contributed by atoms with E-state index in [0.29, 0.717) is 11.3 Å². The van der Waals surface area contributed by atoms with Gasteiger partial charge in [0.2, 0.25) is 0 Å². The minimum atomic E-state index is -0.517. The third kappa shape index (κ3) is 5.13. The number of non-ortho nitro benzene ring substituents is 1. The van der Waals surface area contributed by atoms with Crippen molar-refractivity contribution in [3.05, 3.63) is 69.8 Å². The SMILES string of the molecule is C/C(=N/NC(=O)c1ccc([N+](=O)[O-])cc1)c1ccc(OC(C)C)cc1. The van der Waals surface area contributed by atoms with Crippen molar-refractivity contribution >= 4 is 17.3 Å². The van der Waals surface area contributed by atoms with Crippen molar-refractivity contribution in [2.45, 2.75) is 26.9 Å². The van der Waals surface area contributed by atoms with Gasteiger partial charge in [-0.3, -0.25) is 14.9 Å². The summed E-state index contributed by atoms with van der Waals surface area (Å²) in [7, 11) is 0. The van der Waals surface area contributed by atoms with Crippen LogP contribution in [0.2, 0.25) is 0 Å². The minimum absolute atomic E-state index is 0.0695. The number of benzene rings is 2. The van der Waals surface area contributed by atoms with Crippen LogP contribution >= 0.6 is 0 Å². The molecule has 0 spiro atoms. The summed E-state index contributed by atoms with van der Waals surface area (Å²) in [4.78, 5) is 22.1. The van der Waals surface area contributed by atoms with Crippen LogP contribution in [0, 0.1) is 10.1 Å². The number of carbonyl (C=O) groups is 1. The van der Waals surface area contributed by atoms with Crippen LogP contribution in [-0.4, -0.2) is 22.6 Å². The van der Waals surface area contributed by atoms with E-state index in [1.165, 1.54) is 24.3 Å². The Morgan fingerprint density at radius 1 is 1.08 bits per heavy atom. The second kappa shape index (κ2) is 8.05. The first-order valence-corrected chi connectivity index (χ1v) is 7.73. The number of ether oxygens (including phenoxy) is 1. The highest BCUT2D eigenvalue weighted by atomic mass is 16.6. The number of hydrogen-bond donors (Lipinski definition) is 1. The first-order chi connectivity index (χ1) is 11.9. The molecule has 0 fully saturated rings. The molecule has 0 aliphatic carbocycles. The van der Waals surface area contributed by atoms with Crippen LogP contribution in [0.1, 0.15) is 36.7 Å². The van der Waals surface area contributed by atoms with Gasteiger partial charge in [-0.05, 0) is 62.7 Å². The van der Waals surface area contributed by atoms with Gasteiger partial charge < -0.3 is 4.74 Å². The molecule has 7 heteroatoms. The average Bonchev–Trinajstić information content (AvgIpc) is 2.59. The highest BCUT2D eigenvalue weighted by Gasteiger charge is 2.09. The molecule has 0 aliphatic rings. The van der Waals surface area contributed by atoms with Gasteiger partial charge in [0.05, 0.1) is 16.7 Å². The largest absolute Gasteiger partial charge is 0.491 e. The summed E-state index contributed by atoms with van der Waals surface area (Å²) in [5.41, 5.74) is 4.14. The van der Waals surface area contributed by atoms with E-state index < -0.39 is 10.8 Å². The lowest BCUT2D eigenvalue weighted by atomic mass is 10.1. The van der Waals surface area contributed by atoms with E-state index in [0.717, 1.165) is 11.3 Å². The molecule has 7 nitrogen and oxygen atoms in total. The van der Waals surface area contributed by atoms with E-state index in [1.807, 2.05) is 38.1 Å². The molecule has 2 aromatic carbocycles. The van der Waals surface area contributed by atoms with E-state index in [9.17, 15) is 14.9 Å². The maximum Gasteiger partial charge on any atom is 0.271 e. The Balaban J connectivity index is 2.02. The predicted molar refractivity (Wildman–Crippen MR) is 95.0 cm³/mol. The third-order valence-electron chi connectivity index (χ3n) is 3.31. The fourth-order valence-electron chi connectivity index (χ4n) is 2.05. The van der Waals surface area contributed by atoms with Crippen LogP contribution < -0.4 is 10.2 Å². The lowest BCUT2D eigenvalue weighted by Crippen LogP contribution is -2.19. The minimum Gasteiger partial charge on any atom is -0.491 e. The number of nitro benzene ring substituents is 1. The summed E-state index contributed by atoms with van der Waals surface area (Å²) in [6, 6.07) is 12.7. The Bertz CT molecular complexity index is 781. The molecule has 0 bridgehead atoms. The Morgan fingerprint density at radius 2 is 1.64 bits per heavy atom. The zero-order chi connectivity index (χ0) is 18.4. The third-order valence-corrected chi connectivity index (χ3v) is 3.31. The highest BCUT2D eigenvalue weighted by molar-refractivity contribution is 6.00. The fourth-order valence-corrected chi connectivity index (χ4v) is 2.05. The number of nitrogens with one attached hydrogen (secondary N) is 1. The molecule has 0 saturated carbocycles. The lowest BCUT2D eigenvalue weighted by Gasteiger charge is -2.10. The Labute approximate surface area is 145 Å². The van der Waals surface area contributed by atoms with Crippen molar-refractivity contribution in [3.8, 4) is 5.75 Å². The second-order valence-corrected chi connectivity index (χ2v) is 5.63. The fraction of sp³-hybridized carbons (Fsp3) is 0.222. The number of nitrogens with zero attached hydrogens (tertiary/aromatic N) is 2. The van der Waals surface area contributed by atoms with Crippen LogP contribution in [0.25, 0.3) is 0 Å². The first kappa shape index (κ1) is 18.1. The quantitative estimate of drug-likeness (QED) is 0.494. The molecule has 0 saturated heterocycles. The molecule has 2 rings (SSSR count). The molecule has 0 radical (unpaired) electrons. The van der Waals surface area contributed by atoms with Crippen molar-refractivity contribution in [2.75, 3.05) is 0 Å². The standard InChI is InChI=1S/C18H19N3O4/c1-12(2)25-17-10-6-14(7-11-17)13(3)19-20-18(22)15-4-8-16(9-5-15)21(23)24/h4-12H,1-3H3,(H,20,22)/b19-13-. The number of hydrazone groups is 1. The highest BCUT2D eigenvalue weighted by Crippen LogP contribution is 2.15. The van der Waals surface area contributed by atoms with Gasteiger partial charge >= 0.3 is 0 Å². The lowest BCUT2D eigenvalue weighted by molar-refractivity contribution is -0.384. The molecule has 1 N–H and O–H groups in total. The molecule has 0 aromatic heterocycles. The molecule has 0 heterocycles. The maximum atomic E-state index is 12.0. The van der Waals surface area contributed by atoms with Crippen LogP contribution in [0.5, 0.6) is 5.75 Å². The zero-order valence-corrected chi connectivity index (χ0v) is 14.2. The predicted octanol–water partition coefficient (Wildman–Crippen LogP) is 3.54. The molecular weight excluding hydrogens is 322 g/mol. The summed E-state index contributed by atoms with van der Waals surface area (Å²) < 4.78 is 5.57. The molecule has 0 unspecified atom stereocenters. The van der Waals surface area contributed by atoms with Gasteiger partial charge in [-0.15, -0.1) is 0 Å². The van der Waals surface area contributed by atoms with Gasteiger partial charge in [0.15, 0.2) is 0 Å². The normalized spacial score (nSPS) is 11.3. The van der Waals surface area contributed by atoms with Gasteiger partial charge in [-0.1, -0.05) is 0 Å². The molecule has 25 heavy (non-hydrogen) atoms. The summed E-state index contributed by atoms with van der Waals surface area (Å²) in [6.45, 7) is 5.68. The van der Waals surface area contributed by atoms with E-state index in [1.54, 1.807) is 6.92 Å². The summed E-state index contributed by atoms with van der Waals surface area (Å²) in [6.07, 6.45) is 0.0987. The average molecular weight is 341 g/mol. The Hall–Kier alpha value is -3.22. The van der Waals surface area contributed by atoms with Crippen molar-refractivity contribution in [1.29, 1.82) is 0 Å². The smallest absolute Gasteiger partial charge is 0.271 e. The van der Waals surface area contributed by atoms with E-state index in [-0.39, 0.29) is 11.8 Å². The number of carbonyl (C=O) groups excluding carboxylic acids is 1. The van der Waals surface area contributed by atoms with E-state index in [4.69, 9.17) is 4.74 Å². The maximum absolute atomic E-state index is 12.0. The van der Waals surface area contributed by atoms with Crippen LogP contribution in [0.3, 0.4) is 0 Å². The Kier molecular flexibility index (Phi) is 5.84. The molecule has 0 atom stereocenters. The number of rotatable bonds is 6. The van der Waals surface area contributed by atoms with Crippen LogP contribution in [-0.2, 0) is 0 Å². The van der Waals surface area contributed by atoms with Crippen molar-refractivity contribution in [1.82, 2.24) is 5.43 Å². The molecule has 2 aromatic rings. The van der Waals surface area contributed by atoms with Crippen LogP contribution in [0.15, 0.2) is 53.6 Å². The monoisotopic (exact) mass is 341 g/mol. The molecule has 1 amide bonds. The summed E-state index contributed by atoms with van der Waals surface area (Å²) >= 11 is 0. The second-order valence-electron chi connectivity index (χ2n) is 5.63. The van der Waals surface area contributed by atoms with Crippen molar-refractivity contribution < 1.29 is 14.5 Å². The van der Waals surface area contributed by atoms with Gasteiger partial charge in [0.25, 0.3) is 11.6 Å². The van der Waals surface area contributed by atoms with Crippen molar-refractivity contribution in [2.24, 2.45) is 5.10 Å². The number of nitro groups is 1. The van der Waals surface area contributed by atoms with Gasteiger partial charge in [-0.25, -0.2) is 5.43 Å². The Morgan fingerprint density at radius 3 is 2.16 bits per heavy atom. The van der Waals surface area contributed by atoms with Gasteiger partial charge in [0, 0.05) is 17.7 Å². The molecule has 130 valence electrons.